The van der Waals surface area contributed by atoms with Gasteiger partial charge in [-0.15, -0.1) is 0 Å². The normalized spacial score (nSPS) is 12.0. The molecule has 0 amide bonds. The number of carbonyl (C=O) groups is 2. The highest BCUT2D eigenvalue weighted by Gasteiger charge is 2.17. The summed E-state index contributed by atoms with van der Waals surface area (Å²) in [6.07, 6.45) is 0.357. The van der Waals surface area contributed by atoms with Gasteiger partial charge in [0, 0.05) is 55.8 Å². The monoisotopic (exact) mass is 822 g/mol. The van der Waals surface area contributed by atoms with E-state index in [0.717, 1.165) is 44.7 Å². The van der Waals surface area contributed by atoms with Crippen molar-refractivity contribution in [2.45, 2.75) is 71.8 Å². The Bertz CT molecular complexity index is 2260. The van der Waals surface area contributed by atoms with Crippen LogP contribution < -0.4 is 24.8 Å². The van der Waals surface area contributed by atoms with Crippen LogP contribution in [-0.4, -0.2) is 62.6 Å². The fraction of sp³-hybridized carbons (Fsp3) is 0.289. The summed E-state index contributed by atoms with van der Waals surface area (Å²) in [4.78, 5) is 25.8. The van der Waals surface area contributed by atoms with Crippen molar-refractivity contribution in [1.29, 1.82) is 5.26 Å². The minimum atomic E-state index is -1.10. The first-order valence-corrected chi connectivity index (χ1v) is 19.3. The number of rotatable bonds is 22. The van der Waals surface area contributed by atoms with Crippen molar-refractivity contribution >= 4 is 23.5 Å². The average Bonchev–Trinajstić information content (AvgIpc) is 3.20. The lowest BCUT2D eigenvalue weighted by atomic mass is 9.93. The van der Waals surface area contributed by atoms with E-state index in [0.29, 0.717) is 46.4 Å². The molecule has 0 aliphatic carbocycles. The highest BCUT2D eigenvalue weighted by atomic mass is 35.5. The molecule has 0 bridgehead atoms. The molecule has 0 radical (unpaired) electrons. The lowest BCUT2D eigenvalue weighted by Crippen LogP contribution is -2.28. The van der Waals surface area contributed by atoms with Crippen molar-refractivity contribution in [3.8, 4) is 34.4 Å². The van der Waals surface area contributed by atoms with Gasteiger partial charge in [0.05, 0.1) is 35.6 Å². The van der Waals surface area contributed by atoms with Crippen molar-refractivity contribution in [2.75, 3.05) is 13.1 Å². The topological polar surface area (TPSA) is 203 Å². The Kier molecular flexibility index (Phi) is 16.2. The maximum Gasteiger partial charge on any atom is 0.306 e. The van der Waals surface area contributed by atoms with Gasteiger partial charge in [0.2, 0.25) is 0 Å². The molecule has 13 nitrogen and oxygen atoms in total. The number of hydrogen-bond acceptors (Lipinski definition) is 11. The standard InChI is InChI=1S/C45H47ClN4O9/c1-28-34(27-59-43-17-42(58-26-33-13-32(18-47)20-48-21-33)35(14-40(43)46)22-50-24-37(52)16-45(55)56)5-3-6-38(28)39-7-4-8-41(29(39)2)57-25-31-11-9-30(10-12-31)19-49-23-36(51)15-44(53)54/h3-14,17,20-21,36-37,49-52H,15-16,19,22-27H2,1-2H3,(H,53,54)(H,55,56). The number of nitrogens with one attached hydrogen (secondary N) is 2. The number of aliphatic hydroxyl groups is 2. The van der Waals surface area contributed by atoms with E-state index in [1.807, 2.05) is 62.4 Å². The SMILES string of the molecule is Cc1c(COc2cc(OCc3cncc(C#N)c3)c(CNCC(O)CC(=O)O)cc2Cl)cccc1-c1cccc(OCc2ccc(CNCC(O)CC(=O)O)cc2)c1C. The molecule has 0 fully saturated rings. The van der Waals surface area contributed by atoms with Crippen molar-refractivity contribution in [2.24, 2.45) is 0 Å². The first-order chi connectivity index (χ1) is 28.4. The largest absolute Gasteiger partial charge is 0.489 e. The zero-order valence-corrected chi connectivity index (χ0v) is 33.5. The Hall–Kier alpha value is -6.01. The Morgan fingerprint density at radius 2 is 1.29 bits per heavy atom. The third-order valence-corrected chi connectivity index (χ3v) is 9.77. The van der Waals surface area contributed by atoms with Gasteiger partial charge in [0.1, 0.15) is 43.1 Å². The smallest absolute Gasteiger partial charge is 0.306 e. The van der Waals surface area contributed by atoms with Crippen LogP contribution >= 0.6 is 11.6 Å². The van der Waals surface area contributed by atoms with E-state index in [-0.39, 0.29) is 39.3 Å². The number of aromatic nitrogens is 1. The lowest BCUT2D eigenvalue weighted by Gasteiger charge is -2.18. The summed E-state index contributed by atoms with van der Waals surface area (Å²) in [5.74, 6) is -0.553. The van der Waals surface area contributed by atoms with Crippen molar-refractivity contribution in [1.82, 2.24) is 15.6 Å². The molecule has 0 saturated heterocycles. The number of aliphatic carboxylic acids is 2. The number of nitrogens with zero attached hydrogens (tertiary/aromatic N) is 2. The fourth-order valence-corrected chi connectivity index (χ4v) is 6.56. The van der Waals surface area contributed by atoms with E-state index in [4.69, 9.17) is 36.0 Å². The van der Waals surface area contributed by atoms with Crippen LogP contribution in [-0.2, 0) is 42.5 Å². The molecule has 5 rings (SSSR count). The Labute approximate surface area is 347 Å². The minimum absolute atomic E-state index is 0.0419. The van der Waals surface area contributed by atoms with E-state index >= 15 is 0 Å². The van der Waals surface area contributed by atoms with Gasteiger partial charge in [-0.1, -0.05) is 66.2 Å². The highest BCUT2D eigenvalue weighted by Crippen LogP contribution is 2.36. The molecular weight excluding hydrogens is 776 g/mol. The number of nitriles is 1. The maximum absolute atomic E-state index is 11.0. The summed E-state index contributed by atoms with van der Waals surface area (Å²) in [5.41, 5.74) is 8.70. The molecule has 2 atom stereocenters. The molecule has 1 heterocycles. The molecule has 2 unspecified atom stereocenters. The summed E-state index contributed by atoms with van der Waals surface area (Å²) in [5, 5.41) is 53.4. The van der Waals surface area contributed by atoms with Crippen LogP contribution in [0, 0.1) is 25.2 Å². The van der Waals surface area contributed by atoms with E-state index in [9.17, 15) is 25.1 Å². The fourth-order valence-electron chi connectivity index (χ4n) is 6.32. The Balaban J connectivity index is 1.26. The number of benzene rings is 4. The molecule has 0 aliphatic heterocycles. The third kappa shape index (κ3) is 13.3. The molecule has 59 heavy (non-hydrogen) atoms. The zero-order valence-electron chi connectivity index (χ0n) is 32.8. The van der Waals surface area contributed by atoms with Gasteiger partial charge >= 0.3 is 11.9 Å². The Morgan fingerprint density at radius 1 is 0.695 bits per heavy atom. The van der Waals surface area contributed by atoms with Gasteiger partial charge in [-0.3, -0.25) is 14.6 Å². The molecule has 14 heteroatoms. The first kappa shape index (κ1) is 44.1. The van der Waals surface area contributed by atoms with Crippen molar-refractivity contribution in [3.63, 3.8) is 0 Å². The predicted octanol–water partition coefficient (Wildman–Crippen LogP) is 6.48. The number of carboxylic acids is 2. The van der Waals surface area contributed by atoms with E-state index in [1.165, 1.54) is 6.20 Å². The maximum atomic E-state index is 11.0. The molecule has 6 N–H and O–H groups in total. The second-order valence-electron chi connectivity index (χ2n) is 14.1. The summed E-state index contributed by atoms with van der Waals surface area (Å²) in [6, 6.07) is 27.0. The van der Waals surface area contributed by atoms with Crippen LogP contribution in [0.4, 0.5) is 0 Å². The number of pyridine rings is 1. The van der Waals surface area contributed by atoms with E-state index in [1.54, 1.807) is 24.4 Å². The zero-order chi connectivity index (χ0) is 42.3. The van der Waals surface area contributed by atoms with Gasteiger partial charge in [-0.05, 0) is 71.0 Å². The number of ether oxygens (including phenoxy) is 3. The van der Waals surface area contributed by atoms with Crippen molar-refractivity contribution < 1.29 is 44.2 Å². The number of carboxylic acid groups (broad SMARTS) is 2. The van der Waals surface area contributed by atoms with E-state index < -0.39 is 30.6 Å². The first-order valence-electron chi connectivity index (χ1n) is 18.9. The number of hydrogen-bond donors (Lipinski definition) is 6. The van der Waals surface area contributed by atoms with Gasteiger partial charge in [-0.25, -0.2) is 0 Å². The van der Waals surface area contributed by atoms with Crippen LogP contribution in [0.5, 0.6) is 17.2 Å². The van der Waals surface area contributed by atoms with Gasteiger partial charge < -0.3 is 45.3 Å². The van der Waals surface area contributed by atoms with Gasteiger partial charge in [0.25, 0.3) is 0 Å². The molecule has 308 valence electrons. The molecule has 1 aromatic heterocycles. The second-order valence-corrected chi connectivity index (χ2v) is 14.5. The summed E-state index contributed by atoms with van der Waals surface area (Å²) in [6.45, 7) is 5.69. The van der Waals surface area contributed by atoms with Crippen LogP contribution in [0.1, 0.15) is 57.3 Å². The van der Waals surface area contributed by atoms with Crippen LogP contribution in [0.25, 0.3) is 11.1 Å². The van der Waals surface area contributed by atoms with Crippen LogP contribution in [0.15, 0.2) is 91.3 Å². The molecular formula is C45H47ClN4O9. The average molecular weight is 823 g/mol. The number of aliphatic hydroxyl groups excluding tert-OH is 2. The molecule has 4 aromatic carbocycles. The summed E-state index contributed by atoms with van der Waals surface area (Å²) < 4.78 is 18.8. The lowest BCUT2D eigenvalue weighted by molar-refractivity contribution is -0.140. The highest BCUT2D eigenvalue weighted by molar-refractivity contribution is 6.32. The summed E-state index contributed by atoms with van der Waals surface area (Å²) in [7, 11) is 0. The second kappa shape index (κ2) is 21.7. The molecule has 0 saturated carbocycles. The number of halogens is 1. The molecule has 0 aliphatic rings. The van der Waals surface area contributed by atoms with Crippen LogP contribution in [0.3, 0.4) is 0 Å². The molecule has 0 spiro atoms. The van der Waals surface area contributed by atoms with Gasteiger partial charge in [-0.2, -0.15) is 5.26 Å². The van der Waals surface area contributed by atoms with Gasteiger partial charge in [0.15, 0.2) is 0 Å². The van der Waals surface area contributed by atoms with Crippen molar-refractivity contribution in [3.05, 3.63) is 141 Å². The third-order valence-electron chi connectivity index (χ3n) is 9.48. The van der Waals surface area contributed by atoms with Crippen LogP contribution in [0.2, 0.25) is 5.02 Å². The minimum Gasteiger partial charge on any atom is -0.489 e. The summed E-state index contributed by atoms with van der Waals surface area (Å²) >= 11 is 6.74. The molecule has 5 aromatic rings. The van der Waals surface area contributed by atoms with E-state index in [2.05, 4.69) is 33.8 Å². The quantitative estimate of drug-likeness (QED) is 0.0443. The predicted molar refractivity (Wildman–Crippen MR) is 221 cm³/mol. The Morgan fingerprint density at radius 3 is 1.97 bits per heavy atom.